The third-order valence-corrected chi connectivity index (χ3v) is 3.97. The number of benzene rings is 1. The molecule has 1 unspecified atom stereocenters. The third-order valence-electron chi connectivity index (χ3n) is 3.97. The number of alkyl halides is 3. The molecule has 0 aliphatic heterocycles. The number of hydrogen-bond acceptors (Lipinski definition) is 6. The van der Waals surface area contributed by atoms with E-state index in [2.05, 4.69) is 15.3 Å². The molecule has 1 N–H and O–H groups in total. The number of nitrogens with one attached hydrogen (secondary N) is 1. The van der Waals surface area contributed by atoms with Crippen molar-refractivity contribution in [2.24, 2.45) is 0 Å². The van der Waals surface area contributed by atoms with Crippen LogP contribution in [0.25, 0.3) is 0 Å². The number of nitrogens with zero attached hydrogens (tertiary/aromatic N) is 2. The molecule has 1 atom stereocenters. The summed E-state index contributed by atoms with van der Waals surface area (Å²) in [5, 5.41) is 2.39. The molecule has 0 aliphatic carbocycles. The molecule has 0 aliphatic rings. The van der Waals surface area contributed by atoms with Crippen LogP contribution in [-0.4, -0.2) is 27.9 Å². The quantitative estimate of drug-likeness (QED) is 0.579. The molecule has 0 spiro atoms. The topological polar surface area (TPSA) is 90.4 Å². The van der Waals surface area contributed by atoms with Gasteiger partial charge in [-0.1, -0.05) is 0 Å². The first-order valence-corrected chi connectivity index (χ1v) is 8.96. The van der Waals surface area contributed by atoms with Crippen molar-refractivity contribution in [3.8, 4) is 11.6 Å². The Labute approximate surface area is 174 Å². The Kier molecular flexibility index (Phi) is 6.49. The molecule has 1 amide bonds. The molecule has 10 heteroatoms. The van der Waals surface area contributed by atoms with Crippen molar-refractivity contribution < 1.29 is 32.2 Å². The minimum absolute atomic E-state index is 0.0134. The van der Waals surface area contributed by atoms with Gasteiger partial charge < -0.3 is 14.8 Å². The summed E-state index contributed by atoms with van der Waals surface area (Å²) in [7, 11) is 0. The Morgan fingerprint density at radius 1 is 1.03 bits per heavy atom. The average molecular weight is 431 g/mol. The number of anilines is 1. The number of amides is 1. The minimum Gasteiger partial charge on any atom is -0.449 e. The molecule has 0 bridgehead atoms. The van der Waals surface area contributed by atoms with E-state index in [0.717, 1.165) is 24.3 Å². The molecular formula is C21H16F3N3O4. The van der Waals surface area contributed by atoms with Crippen LogP contribution in [0.15, 0.2) is 67.1 Å². The van der Waals surface area contributed by atoms with Gasteiger partial charge in [-0.25, -0.2) is 9.78 Å². The number of esters is 1. The standard InChI is InChI=1S/C21H16F3N3O4/c1-13(18(28)27-15-8-6-14(7-9-15)21(22,23)24)30-20(29)17-5-3-11-26-19(17)31-16-4-2-10-25-12-16/h2-13H,1H3,(H,27,28). The first-order chi connectivity index (χ1) is 14.7. The van der Waals surface area contributed by atoms with E-state index in [0.29, 0.717) is 5.75 Å². The van der Waals surface area contributed by atoms with Crippen molar-refractivity contribution in [2.45, 2.75) is 19.2 Å². The zero-order valence-electron chi connectivity index (χ0n) is 16.1. The predicted molar refractivity (Wildman–Crippen MR) is 103 cm³/mol. The van der Waals surface area contributed by atoms with E-state index in [-0.39, 0.29) is 17.1 Å². The van der Waals surface area contributed by atoms with Crippen LogP contribution in [0, 0.1) is 0 Å². The molecule has 0 saturated heterocycles. The number of hydrogen-bond donors (Lipinski definition) is 1. The van der Waals surface area contributed by atoms with Gasteiger partial charge in [0.1, 0.15) is 11.3 Å². The summed E-state index contributed by atoms with van der Waals surface area (Å²) in [6, 6.07) is 10.1. The normalized spacial score (nSPS) is 12.0. The van der Waals surface area contributed by atoms with Crippen molar-refractivity contribution in [1.29, 1.82) is 0 Å². The number of pyridine rings is 2. The first kappa shape index (κ1) is 21.8. The fourth-order valence-corrected chi connectivity index (χ4v) is 2.41. The van der Waals surface area contributed by atoms with Crippen molar-refractivity contribution >= 4 is 17.6 Å². The van der Waals surface area contributed by atoms with Crippen LogP contribution in [0.5, 0.6) is 11.6 Å². The van der Waals surface area contributed by atoms with Gasteiger partial charge >= 0.3 is 12.1 Å². The number of carbonyl (C=O) groups is 2. The zero-order chi connectivity index (χ0) is 22.4. The summed E-state index contributed by atoms with van der Waals surface area (Å²) < 4.78 is 48.6. The number of ether oxygens (including phenoxy) is 2. The lowest BCUT2D eigenvalue weighted by molar-refractivity contribution is -0.137. The van der Waals surface area contributed by atoms with Crippen LogP contribution in [0.4, 0.5) is 18.9 Å². The lowest BCUT2D eigenvalue weighted by Gasteiger charge is -2.15. The monoisotopic (exact) mass is 431 g/mol. The smallest absolute Gasteiger partial charge is 0.416 e. The lowest BCUT2D eigenvalue weighted by Crippen LogP contribution is -2.30. The fourth-order valence-electron chi connectivity index (χ4n) is 2.41. The minimum atomic E-state index is -4.48. The Balaban J connectivity index is 1.64. The van der Waals surface area contributed by atoms with Gasteiger partial charge in [-0.3, -0.25) is 9.78 Å². The van der Waals surface area contributed by atoms with Crippen LogP contribution < -0.4 is 10.1 Å². The second-order valence-electron chi connectivity index (χ2n) is 6.26. The molecule has 31 heavy (non-hydrogen) atoms. The van der Waals surface area contributed by atoms with Crippen LogP contribution in [0.1, 0.15) is 22.8 Å². The number of aromatic nitrogens is 2. The maximum absolute atomic E-state index is 12.6. The molecule has 3 aromatic rings. The summed E-state index contributed by atoms with van der Waals surface area (Å²) in [5.74, 6) is -1.26. The number of halogens is 3. The largest absolute Gasteiger partial charge is 0.449 e. The third kappa shape index (κ3) is 5.78. The van der Waals surface area contributed by atoms with Crippen molar-refractivity contribution in [2.75, 3.05) is 5.32 Å². The van der Waals surface area contributed by atoms with Crippen molar-refractivity contribution in [3.63, 3.8) is 0 Å². The molecule has 0 saturated carbocycles. The highest BCUT2D eigenvalue weighted by molar-refractivity contribution is 5.98. The van der Waals surface area contributed by atoms with Gasteiger partial charge in [0.25, 0.3) is 5.91 Å². The van der Waals surface area contributed by atoms with Crippen LogP contribution in [0.3, 0.4) is 0 Å². The fraction of sp³-hybridized carbons (Fsp3) is 0.143. The molecule has 0 radical (unpaired) electrons. The zero-order valence-corrected chi connectivity index (χ0v) is 16.1. The average Bonchev–Trinajstić information content (AvgIpc) is 2.74. The maximum atomic E-state index is 12.6. The SMILES string of the molecule is CC(OC(=O)c1cccnc1Oc1cccnc1)C(=O)Nc1ccc(C(F)(F)F)cc1. The molecule has 7 nitrogen and oxygen atoms in total. The van der Waals surface area contributed by atoms with Crippen molar-refractivity contribution in [1.82, 2.24) is 9.97 Å². The Morgan fingerprint density at radius 2 is 1.74 bits per heavy atom. The molecule has 3 rings (SSSR count). The lowest BCUT2D eigenvalue weighted by atomic mass is 10.2. The van der Waals surface area contributed by atoms with Gasteiger partial charge in [0, 0.05) is 18.1 Å². The highest BCUT2D eigenvalue weighted by atomic mass is 19.4. The van der Waals surface area contributed by atoms with Gasteiger partial charge in [-0.05, 0) is 55.5 Å². The van der Waals surface area contributed by atoms with E-state index < -0.39 is 29.7 Å². The summed E-state index contributed by atoms with van der Waals surface area (Å²) in [5.41, 5.74) is -0.730. The van der Waals surface area contributed by atoms with E-state index >= 15 is 0 Å². The van der Waals surface area contributed by atoms with Gasteiger partial charge in [0.2, 0.25) is 5.88 Å². The molecule has 160 valence electrons. The van der Waals surface area contributed by atoms with Crippen molar-refractivity contribution in [3.05, 3.63) is 78.2 Å². The second kappa shape index (κ2) is 9.24. The summed E-state index contributed by atoms with van der Waals surface area (Å²) in [4.78, 5) is 32.7. The predicted octanol–water partition coefficient (Wildman–Crippen LogP) is 4.47. The van der Waals surface area contributed by atoms with Crippen LogP contribution in [0.2, 0.25) is 0 Å². The van der Waals surface area contributed by atoms with Gasteiger partial charge in [-0.15, -0.1) is 0 Å². The maximum Gasteiger partial charge on any atom is 0.416 e. The van der Waals surface area contributed by atoms with Crippen LogP contribution in [-0.2, 0) is 15.7 Å². The highest BCUT2D eigenvalue weighted by Crippen LogP contribution is 2.30. The van der Waals surface area contributed by atoms with Crippen LogP contribution >= 0.6 is 0 Å². The molecule has 1 aromatic carbocycles. The molecule has 2 aromatic heterocycles. The highest BCUT2D eigenvalue weighted by Gasteiger charge is 2.30. The molecular weight excluding hydrogens is 415 g/mol. The Morgan fingerprint density at radius 3 is 2.39 bits per heavy atom. The van der Waals surface area contributed by atoms with Gasteiger partial charge in [0.05, 0.1) is 11.8 Å². The summed E-state index contributed by atoms with van der Waals surface area (Å²) in [6.45, 7) is 1.33. The van der Waals surface area contributed by atoms with E-state index in [9.17, 15) is 22.8 Å². The van der Waals surface area contributed by atoms with E-state index in [1.165, 1.54) is 31.5 Å². The molecule has 2 heterocycles. The van der Waals surface area contributed by atoms with E-state index in [1.54, 1.807) is 18.3 Å². The van der Waals surface area contributed by atoms with E-state index in [1.807, 2.05) is 0 Å². The molecule has 0 fully saturated rings. The summed E-state index contributed by atoms with van der Waals surface area (Å²) in [6.07, 6.45) is -1.31. The summed E-state index contributed by atoms with van der Waals surface area (Å²) >= 11 is 0. The second-order valence-corrected chi connectivity index (χ2v) is 6.26. The number of carbonyl (C=O) groups excluding carboxylic acids is 2. The van der Waals surface area contributed by atoms with Gasteiger partial charge in [0.15, 0.2) is 6.10 Å². The number of rotatable bonds is 6. The Bertz CT molecular complexity index is 1060. The van der Waals surface area contributed by atoms with Gasteiger partial charge in [-0.2, -0.15) is 13.2 Å². The first-order valence-electron chi connectivity index (χ1n) is 8.96. The van der Waals surface area contributed by atoms with E-state index in [4.69, 9.17) is 9.47 Å². The Hall–Kier alpha value is -3.95.